The van der Waals surface area contributed by atoms with Gasteiger partial charge in [0.15, 0.2) is 0 Å². The summed E-state index contributed by atoms with van der Waals surface area (Å²) in [5.41, 5.74) is 5.32. The minimum Gasteiger partial charge on any atom is -0.385 e. The molecule has 0 aromatic rings. The van der Waals surface area contributed by atoms with E-state index in [0.29, 0.717) is 19.5 Å². The average molecular weight is 304 g/mol. The maximum Gasteiger partial charge on any atom is 0.220 e. The molecule has 18 heavy (non-hydrogen) atoms. The van der Waals surface area contributed by atoms with Crippen LogP contribution in [0.15, 0.2) is 0 Å². The van der Waals surface area contributed by atoms with Gasteiger partial charge in [-0.3, -0.25) is 4.79 Å². The molecule has 112 valence electrons. The number of hydrogen-bond acceptors (Lipinski definition) is 4. The number of nitrogens with zero attached hydrogens (tertiary/aromatic N) is 1. The highest BCUT2D eigenvalue weighted by Gasteiger charge is 2.01. The van der Waals surface area contributed by atoms with E-state index in [1.54, 1.807) is 7.11 Å². The van der Waals surface area contributed by atoms with Gasteiger partial charge in [0, 0.05) is 39.8 Å². The first kappa shape index (κ1) is 23.1. The van der Waals surface area contributed by atoms with Gasteiger partial charge in [0.2, 0.25) is 5.91 Å². The van der Waals surface area contributed by atoms with E-state index in [2.05, 4.69) is 10.2 Å². The summed E-state index contributed by atoms with van der Waals surface area (Å²) in [4.78, 5) is 13.4. The quantitative estimate of drug-likeness (QED) is 0.582. The summed E-state index contributed by atoms with van der Waals surface area (Å²) in [6, 6.07) is 0. The number of halogens is 2. The number of methoxy groups -OCH3 is 1. The van der Waals surface area contributed by atoms with Crippen LogP contribution in [0.1, 0.15) is 19.3 Å². The lowest BCUT2D eigenvalue weighted by Gasteiger charge is -2.16. The first-order chi connectivity index (χ1) is 7.70. The number of ether oxygens (including phenoxy) is 1. The summed E-state index contributed by atoms with van der Waals surface area (Å²) in [5.74, 6) is 0.0933. The number of amides is 1. The summed E-state index contributed by atoms with van der Waals surface area (Å²) in [6.45, 7) is 3.93. The Kier molecular flexibility index (Phi) is 21.7. The Morgan fingerprint density at radius 1 is 1.28 bits per heavy atom. The van der Waals surface area contributed by atoms with Crippen molar-refractivity contribution in [2.45, 2.75) is 19.3 Å². The topological polar surface area (TPSA) is 67.6 Å². The van der Waals surface area contributed by atoms with Crippen LogP contribution in [0.2, 0.25) is 0 Å². The van der Waals surface area contributed by atoms with Crippen molar-refractivity contribution in [2.75, 3.05) is 46.9 Å². The molecule has 0 aromatic carbocycles. The van der Waals surface area contributed by atoms with Crippen LogP contribution in [0.25, 0.3) is 0 Å². The predicted octanol–water partition coefficient (Wildman–Crippen LogP) is 0.653. The lowest BCUT2D eigenvalue weighted by molar-refractivity contribution is -0.121. The Balaban J connectivity index is -0.00000112. The summed E-state index contributed by atoms with van der Waals surface area (Å²) < 4.78 is 4.97. The van der Waals surface area contributed by atoms with Crippen LogP contribution >= 0.6 is 24.8 Å². The monoisotopic (exact) mass is 303 g/mol. The second-order valence-electron chi connectivity index (χ2n) is 3.89. The smallest absolute Gasteiger partial charge is 0.220 e. The van der Waals surface area contributed by atoms with Gasteiger partial charge in [-0.25, -0.2) is 0 Å². The lowest BCUT2D eigenvalue weighted by atomic mass is 10.3. The Bertz CT molecular complexity index is 186. The van der Waals surface area contributed by atoms with E-state index in [-0.39, 0.29) is 30.7 Å². The maximum atomic E-state index is 11.2. The Morgan fingerprint density at radius 2 is 1.94 bits per heavy atom. The van der Waals surface area contributed by atoms with E-state index in [4.69, 9.17) is 10.5 Å². The van der Waals surface area contributed by atoms with Gasteiger partial charge in [0.25, 0.3) is 0 Å². The second-order valence-corrected chi connectivity index (χ2v) is 3.89. The van der Waals surface area contributed by atoms with Crippen molar-refractivity contribution in [3.8, 4) is 0 Å². The first-order valence-electron chi connectivity index (χ1n) is 5.85. The van der Waals surface area contributed by atoms with E-state index in [1.165, 1.54) is 0 Å². The summed E-state index contributed by atoms with van der Waals surface area (Å²) in [5, 5.41) is 2.87. The number of carbonyl (C=O) groups excluding carboxylic acids is 1. The minimum absolute atomic E-state index is 0. The predicted molar refractivity (Wildman–Crippen MR) is 79.8 cm³/mol. The summed E-state index contributed by atoms with van der Waals surface area (Å²) in [7, 11) is 3.75. The number of nitrogens with one attached hydrogen (secondary N) is 1. The van der Waals surface area contributed by atoms with Crippen molar-refractivity contribution in [1.82, 2.24) is 10.2 Å². The maximum absolute atomic E-state index is 11.2. The molecule has 0 heterocycles. The van der Waals surface area contributed by atoms with Crippen molar-refractivity contribution in [2.24, 2.45) is 5.73 Å². The molecule has 0 spiro atoms. The van der Waals surface area contributed by atoms with Crippen molar-refractivity contribution in [1.29, 1.82) is 0 Å². The van der Waals surface area contributed by atoms with Gasteiger partial charge in [-0.1, -0.05) is 0 Å². The van der Waals surface area contributed by atoms with Gasteiger partial charge >= 0.3 is 0 Å². The van der Waals surface area contributed by atoms with Crippen molar-refractivity contribution < 1.29 is 9.53 Å². The molecule has 0 saturated carbocycles. The van der Waals surface area contributed by atoms with Crippen molar-refractivity contribution in [3.63, 3.8) is 0 Å². The molecule has 0 unspecified atom stereocenters. The van der Waals surface area contributed by atoms with Crippen molar-refractivity contribution in [3.05, 3.63) is 0 Å². The highest BCUT2D eigenvalue weighted by Crippen LogP contribution is 1.88. The zero-order valence-electron chi connectivity index (χ0n) is 11.3. The molecule has 0 aliphatic rings. The van der Waals surface area contributed by atoms with Crippen LogP contribution in [0.5, 0.6) is 0 Å². The van der Waals surface area contributed by atoms with Gasteiger partial charge in [-0.2, -0.15) is 0 Å². The highest BCUT2D eigenvalue weighted by molar-refractivity contribution is 5.85. The van der Waals surface area contributed by atoms with E-state index >= 15 is 0 Å². The Hall–Kier alpha value is -0.0700. The molecule has 0 rings (SSSR count). The zero-order chi connectivity index (χ0) is 12.2. The molecule has 3 N–H and O–H groups in total. The van der Waals surface area contributed by atoms with E-state index in [0.717, 1.165) is 32.5 Å². The second kappa shape index (κ2) is 16.9. The molecule has 7 heteroatoms. The van der Waals surface area contributed by atoms with E-state index in [1.807, 2.05) is 7.05 Å². The molecule has 0 bridgehead atoms. The number of hydrogen-bond donors (Lipinski definition) is 2. The van der Waals surface area contributed by atoms with E-state index in [9.17, 15) is 4.79 Å². The molecule has 0 aromatic heterocycles. The highest BCUT2D eigenvalue weighted by atomic mass is 35.5. The van der Waals surface area contributed by atoms with Gasteiger partial charge in [0.05, 0.1) is 0 Å². The standard InChI is InChI=1S/C11H25N3O2.2ClH/c1-14(8-4-10-16-2)9-7-13-11(15)5-3-6-12;;/h3-10,12H2,1-2H3,(H,13,15);2*1H. The van der Waals surface area contributed by atoms with Gasteiger partial charge in [-0.15, -0.1) is 24.8 Å². The summed E-state index contributed by atoms with van der Waals surface area (Å²) in [6.07, 6.45) is 2.31. The third-order valence-corrected chi connectivity index (χ3v) is 2.31. The molecule has 0 aliphatic carbocycles. The number of carbonyl (C=O) groups is 1. The molecular weight excluding hydrogens is 277 g/mol. The normalized spacial score (nSPS) is 9.56. The molecule has 0 saturated heterocycles. The fraction of sp³-hybridized carbons (Fsp3) is 0.909. The van der Waals surface area contributed by atoms with Crippen molar-refractivity contribution >= 4 is 30.7 Å². The van der Waals surface area contributed by atoms with Crippen LogP contribution in [-0.2, 0) is 9.53 Å². The van der Waals surface area contributed by atoms with Crippen LogP contribution < -0.4 is 11.1 Å². The van der Waals surface area contributed by atoms with E-state index < -0.39 is 0 Å². The molecule has 1 amide bonds. The molecular formula is C11H27Cl2N3O2. The number of nitrogens with two attached hydrogens (primary N) is 1. The molecule has 5 nitrogen and oxygen atoms in total. The van der Waals surface area contributed by atoms with Gasteiger partial charge < -0.3 is 20.7 Å². The third-order valence-electron chi connectivity index (χ3n) is 2.31. The van der Waals surface area contributed by atoms with Crippen LogP contribution in [0, 0.1) is 0 Å². The fourth-order valence-corrected chi connectivity index (χ4v) is 1.33. The molecule has 0 atom stereocenters. The van der Waals surface area contributed by atoms with Gasteiger partial charge in [-0.05, 0) is 26.4 Å². The molecule has 0 fully saturated rings. The number of likely N-dealkylation sites (N-methyl/N-ethyl adjacent to an activating group) is 1. The zero-order valence-corrected chi connectivity index (χ0v) is 12.9. The summed E-state index contributed by atoms with van der Waals surface area (Å²) >= 11 is 0. The third kappa shape index (κ3) is 15.9. The SMILES string of the molecule is COCCCN(C)CCNC(=O)CCCN.Cl.Cl. The lowest BCUT2D eigenvalue weighted by Crippen LogP contribution is -2.33. The van der Waals surface area contributed by atoms with Crippen LogP contribution in [0.4, 0.5) is 0 Å². The Labute approximate surface area is 123 Å². The largest absolute Gasteiger partial charge is 0.385 e. The fourth-order valence-electron chi connectivity index (χ4n) is 1.33. The molecule has 0 radical (unpaired) electrons. The van der Waals surface area contributed by atoms with Crippen LogP contribution in [0.3, 0.4) is 0 Å². The first-order valence-corrected chi connectivity index (χ1v) is 5.85. The van der Waals surface area contributed by atoms with Gasteiger partial charge in [0.1, 0.15) is 0 Å². The Morgan fingerprint density at radius 3 is 2.50 bits per heavy atom. The number of rotatable bonds is 10. The average Bonchev–Trinajstić information content (AvgIpc) is 2.26. The minimum atomic E-state index is 0. The van der Waals surface area contributed by atoms with Crippen LogP contribution in [-0.4, -0.2) is 57.8 Å². The molecule has 0 aliphatic heterocycles.